The van der Waals surface area contributed by atoms with Crippen LogP contribution in [0, 0.1) is 0 Å². The minimum absolute atomic E-state index is 0.278. The molecule has 4 aromatic carbocycles. The average Bonchev–Trinajstić information content (AvgIpc) is 2.89. The highest BCUT2D eigenvalue weighted by Gasteiger charge is 2.14. The molecular formula is C28H22Cl2N2O4. The van der Waals surface area contributed by atoms with Crippen molar-refractivity contribution < 1.29 is 19.1 Å². The number of halogens is 2. The summed E-state index contributed by atoms with van der Waals surface area (Å²) in [5, 5.41) is 6.83. The molecule has 0 aromatic heterocycles. The van der Waals surface area contributed by atoms with E-state index in [4.69, 9.17) is 32.7 Å². The van der Waals surface area contributed by atoms with Gasteiger partial charge < -0.3 is 20.1 Å². The van der Waals surface area contributed by atoms with Gasteiger partial charge in [0.1, 0.15) is 11.5 Å². The van der Waals surface area contributed by atoms with Crippen LogP contribution in [0.15, 0.2) is 84.9 Å². The molecular weight excluding hydrogens is 499 g/mol. The largest absolute Gasteiger partial charge is 0.495 e. The fraction of sp³-hybridized carbons (Fsp3) is 0.0714. The van der Waals surface area contributed by atoms with Gasteiger partial charge in [-0.2, -0.15) is 0 Å². The second-order valence-electron chi connectivity index (χ2n) is 7.75. The number of anilines is 2. The molecule has 0 fully saturated rings. The minimum Gasteiger partial charge on any atom is -0.495 e. The predicted molar refractivity (Wildman–Crippen MR) is 144 cm³/mol. The van der Waals surface area contributed by atoms with Crippen LogP contribution in [0.4, 0.5) is 11.4 Å². The molecule has 36 heavy (non-hydrogen) atoms. The Morgan fingerprint density at radius 1 is 0.583 bits per heavy atom. The molecule has 4 aromatic rings. The number of carbonyl (C=O) groups is 2. The number of carbonyl (C=O) groups excluding carboxylic acids is 2. The van der Waals surface area contributed by atoms with Crippen molar-refractivity contribution in [2.75, 3.05) is 24.9 Å². The van der Waals surface area contributed by atoms with Crippen LogP contribution in [-0.4, -0.2) is 26.0 Å². The van der Waals surface area contributed by atoms with E-state index in [1.54, 1.807) is 60.7 Å². The van der Waals surface area contributed by atoms with Crippen molar-refractivity contribution in [1.82, 2.24) is 0 Å². The average molecular weight is 521 g/mol. The van der Waals surface area contributed by atoms with Crippen molar-refractivity contribution in [1.29, 1.82) is 0 Å². The topological polar surface area (TPSA) is 76.7 Å². The lowest BCUT2D eigenvalue weighted by Crippen LogP contribution is -2.12. The number of rotatable bonds is 7. The molecule has 2 amide bonds. The molecule has 0 bridgehead atoms. The Kier molecular flexibility index (Phi) is 7.78. The number of nitrogens with one attached hydrogen (secondary N) is 2. The van der Waals surface area contributed by atoms with Gasteiger partial charge in [0.25, 0.3) is 11.8 Å². The Morgan fingerprint density at radius 2 is 0.944 bits per heavy atom. The first-order valence-corrected chi connectivity index (χ1v) is 11.6. The van der Waals surface area contributed by atoms with E-state index in [1.165, 1.54) is 14.2 Å². The first-order valence-electron chi connectivity index (χ1n) is 10.9. The van der Waals surface area contributed by atoms with Crippen molar-refractivity contribution >= 4 is 46.4 Å². The van der Waals surface area contributed by atoms with Gasteiger partial charge in [-0.05, 0) is 83.9 Å². The summed E-state index contributed by atoms with van der Waals surface area (Å²) in [5.41, 5.74) is 3.69. The summed E-state index contributed by atoms with van der Waals surface area (Å²) in [6, 6.07) is 24.1. The van der Waals surface area contributed by atoms with Gasteiger partial charge in [-0.3, -0.25) is 9.59 Å². The van der Waals surface area contributed by atoms with Crippen LogP contribution >= 0.6 is 23.2 Å². The van der Waals surface area contributed by atoms with Gasteiger partial charge in [0.15, 0.2) is 0 Å². The number of ether oxygens (including phenoxy) is 2. The molecule has 0 spiro atoms. The second kappa shape index (κ2) is 11.2. The monoisotopic (exact) mass is 520 g/mol. The Balaban J connectivity index is 1.55. The number of hydrogen-bond acceptors (Lipinski definition) is 4. The van der Waals surface area contributed by atoms with Crippen LogP contribution in [0.2, 0.25) is 10.0 Å². The molecule has 0 radical (unpaired) electrons. The zero-order chi connectivity index (χ0) is 25.7. The molecule has 0 aliphatic heterocycles. The van der Waals surface area contributed by atoms with E-state index in [9.17, 15) is 9.59 Å². The van der Waals surface area contributed by atoms with Crippen LogP contribution in [-0.2, 0) is 0 Å². The quantitative estimate of drug-likeness (QED) is 0.270. The van der Waals surface area contributed by atoms with E-state index in [-0.39, 0.29) is 11.8 Å². The Hall–Kier alpha value is -4.00. The van der Waals surface area contributed by atoms with E-state index in [1.807, 2.05) is 24.3 Å². The molecule has 0 heterocycles. The van der Waals surface area contributed by atoms with Crippen LogP contribution in [0.5, 0.6) is 11.5 Å². The van der Waals surface area contributed by atoms with Crippen LogP contribution < -0.4 is 20.1 Å². The van der Waals surface area contributed by atoms with Gasteiger partial charge in [0, 0.05) is 21.2 Å². The first-order chi connectivity index (χ1) is 17.4. The summed E-state index contributed by atoms with van der Waals surface area (Å²) in [6.45, 7) is 0. The van der Waals surface area contributed by atoms with E-state index in [0.717, 1.165) is 11.1 Å². The highest BCUT2D eigenvalue weighted by atomic mass is 35.5. The highest BCUT2D eigenvalue weighted by Crippen LogP contribution is 2.35. The normalized spacial score (nSPS) is 10.4. The lowest BCUT2D eigenvalue weighted by Gasteiger charge is -2.14. The van der Waals surface area contributed by atoms with Gasteiger partial charge in [0.05, 0.1) is 25.6 Å². The Bertz CT molecular complexity index is 1300. The summed E-state index contributed by atoms with van der Waals surface area (Å²) < 4.78 is 11.0. The second-order valence-corrected chi connectivity index (χ2v) is 8.63. The maximum absolute atomic E-state index is 12.6. The standard InChI is InChI=1S/C28H22Cl2N2O4/c1-35-25-15-19(7-13-23(25)31-27(33)17-3-9-21(29)10-4-17)20-8-14-24(26(16-20)36-2)32-28(34)18-5-11-22(30)12-6-18/h3-16H,1-2H3,(H,31,33)(H,32,34). The molecule has 8 heteroatoms. The molecule has 0 aliphatic carbocycles. The third-order valence-electron chi connectivity index (χ3n) is 5.45. The maximum atomic E-state index is 12.6. The third kappa shape index (κ3) is 5.79. The van der Waals surface area contributed by atoms with Gasteiger partial charge in [-0.1, -0.05) is 35.3 Å². The summed E-state index contributed by atoms with van der Waals surface area (Å²) in [4.78, 5) is 25.2. The molecule has 0 aliphatic rings. The number of amides is 2. The lowest BCUT2D eigenvalue weighted by atomic mass is 10.0. The third-order valence-corrected chi connectivity index (χ3v) is 5.95. The van der Waals surface area contributed by atoms with Crippen LogP contribution in [0.25, 0.3) is 11.1 Å². The zero-order valence-corrected chi connectivity index (χ0v) is 21.0. The summed E-state index contributed by atoms with van der Waals surface area (Å²) in [7, 11) is 3.07. The van der Waals surface area contributed by atoms with Gasteiger partial charge in [-0.15, -0.1) is 0 Å². The van der Waals surface area contributed by atoms with E-state index in [2.05, 4.69) is 10.6 Å². The van der Waals surface area contributed by atoms with Gasteiger partial charge >= 0.3 is 0 Å². The van der Waals surface area contributed by atoms with E-state index < -0.39 is 0 Å². The molecule has 182 valence electrons. The molecule has 0 atom stereocenters. The Morgan fingerprint density at radius 3 is 1.28 bits per heavy atom. The van der Waals surface area contributed by atoms with Gasteiger partial charge in [-0.25, -0.2) is 0 Å². The Labute approximate surface area is 218 Å². The van der Waals surface area contributed by atoms with Crippen molar-refractivity contribution in [2.45, 2.75) is 0 Å². The minimum atomic E-state index is -0.278. The van der Waals surface area contributed by atoms with E-state index >= 15 is 0 Å². The summed E-state index contributed by atoms with van der Waals surface area (Å²) in [6.07, 6.45) is 0. The van der Waals surface area contributed by atoms with E-state index in [0.29, 0.717) is 44.0 Å². The number of methoxy groups -OCH3 is 2. The lowest BCUT2D eigenvalue weighted by molar-refractivity contribution is 0.101. The predicted octanol–water partition coefficient (Wildman–Crippen LogP) is 7.18. The van der Waals surface area contributed by atoms with Crippen molar-refractivity contribution in [3.05, 3.63) is 106 Å². The fourth-order valence-electron chi connectivity index (χ4n) is 3.54. The van der Waals surface area contributed by atoms with Crippen molar-refractivity contribution in [3.8, 4) is 22.6 Å². The van der Waals surface area contributed by atoms with Crippen molar-refractivity contribution in [2.24, 2.45) is 0 Å². The van der Waals surface area contributed by atoms with Gasteiger partial charge in [0.2, 0.25) is 0 Å². The molecule has 2 N–H and O–H groups in total. The molecule has 0 saturated carbocycles. The van der Waals surface area contributed by atoms with Crippen molar-refractivity contribution in [3.63, 3.8) is 0 Å². The SMILES string of the molecule is COc1cc(-c2ccc(NC(=O)c3ccc(Cl)cc3)c(OC)c2)ccc1NC(=O)c1ccc(Cl)cc1. The molecule has 6 nitrogen and oxygen atoms in total. The summed E-state index contributed by atoms with van der Waals surface area (Å²) in [5.74, 6) is 0.433. The maximum Gasteiger partial charge on any atom is 0.255 e. The number of benzene rings is 4. The first kappa shape index (κ1) is 25.1. The van der Waals surface area contributed by atoms with Crippen LogP contribution in [0.1, 0.15) is 20.7 Å². The summed E-state index contributed by atoms with van der Waals surface area (Å²) >= 11 is 11.8. The fourth-order valence-corrected chi connectivity index (χ4v) is 3.79. The highest BCUT2D eigenvalue weighted by molar-refractivity contribution is 6.31. The number of hydrogen-bond donors (Lipinski definition) is 2. The zero-order valence-electron chi connectivity index (χ0n) is 19.5. The molecule has 4 rings (SSSR count). The smallest absolute Gasteiger partial charge is 0.255 e. The van der Waals surface area contributed by atoms with Crippen LogP contribution in [0.3, 0.4) is 0 Å². The molecule has 0 saturated heterocycles. The molecule has 0 unspecified atom stereocenters.